The molecule has 0 radical (unpaired) electrons. The predicted octanol–water partition coefficient (Wildman–Crippen LogP) is 2.49. The van der Waals surface area contributed by atoms with Crippen LogP contribution in [0.3, 0.4) is 0 Å². The van der Waals surface area contributed by atoms with Crippen molar-refractivity contribution >= 4 is 6.03 Å². The van der Waals surface area contributed by atoms with Gasteiger partial charge < -0.3 is 15.7 Å². The molecule has 20 heavy (non-hydrogen) atoms. The SMILES string of the molecule is CCCC(O)CNC(=O)NC(C)c1ccc(F)cc1F. The zero-order valence-corrected chi connectivity index (χ0v) is 11.6. The van der Waals surface area contributed by atoms with Gasteiger partial charge in [-0.2, -0.15) is 0 Å². The normalized spacial score (nSPS) is 13.7. The zero-order valence-electron chi connectivity index (χ0n) is 11.6. The lowest BCUT2D eigenvalue weighted by molar-refractivity contribution is 0.160. The highest BCUT2D eigenvalue weighted by molar-refractivity contribution is 5.74. The predicted molar refractivity (Wildman–Crippen MR) is 72.2 cm³/mol. The van der Waals surface area contributed by atoms with E-state index in [0.29, 0.717) is 6.42 Å². The van der Waals surface area contributed by atoms with Crippen LogP contribution in [-0.2, 0) is 0 Å². The van der Waals surface area contributed by atoms with Gasteiger partial charge in [0.2, 0.25) is 0 Å². The zero-order chi connectivity index (χ0) is 15.1. The van der Waals surface area contributed by atoms with Crippen molar-refractivity contribution in [2.24, 2.45) is 0 Å². The minimum Gasteiger partial charge on any atom is -0.391 e. The molecular formula is C14H20F2N2O2. The van der Waals surface area contributed by atoms with Gasteiger partial charge in [-0.3, -0.25) is 0 Å². The van der Waals surface area contributed by atoms with Gasteiger partial charge in [0.1, 0.15) is 11.6 Å². The fourth-order valence-electron chi connectivity index (χ4n) is 1.82. The van der Waals surface area contributed by atoms with E-state index in [2.05, 4.69) is 10.6 Å². The first-order valence-electron chi connectivity index (χ1n) is 6.61. The van der Waals surface area contributed by atoms with Gasteiger partial charge in [-0.05, 0) is 19.4 Å². The van der Waals surface area contributed by atoms with Crippen molar-refractivity contribution in [1.82, 2.24) is 10.6 Å². The molecule has 6 heteroatoms. The maximum atomic E-state index is 13.5. The smallest absolute Gasteiger partial charge is 0.315 e. The molecule has 2 amide bonds. The Hall–Kier alpha value is -1.69. The van der Waals surface area contributed by atoms with E-state index in [9.17, 15) is 18.7 Å². The van der Waals surface area contributed by atoms with Crippen LogP contribution in [0.1, 0.15) is 38.3 Å². The number of halogens is 2. The summed E-state index contributed by atoms with van der Waals surface area (Å²) in [5.74, 6) is -1.37. The summed E-state index contributed by atoms with van der Waals surface area (Å²) in [6.07, 6.45) is 0.827. The highest BCUT2D eigenvalue weighted by Gasteiger charge is 2.14. The molecule has 0 fully saturated rings. The van der Waals surface area contributed by atoms with Crippen LogP contribution in [0.15, 0.2) is 18.2 Å². The summed E-state index contributed by atoms with van der Waals surface area (Å²) in [7, 11) is 0. The molecule has 0 spiro atoms. The third-order valence-electron chi connectivity index (χ3n) is 2.90. The van der Waals surface area contributed by atoms with Crippen molar-refractivity contribution in [3.05, 3.63) is 35.4 Å². The molecule has 0 saturated carbocycles. The average Bonchev–Trinajstić information content (AvgIpc) is 2.36. The Bertz CT molecular complexity index is 455. The third kappa shape index (κ3) is 5.13. The summed E-state index contributed by atoms with van der Waals surface area (Å²) in [5.41, 5.74) is 0.204. The number of urea groups is 1. The number of amides is 2. The molecule has 3 N–H and O–H groups in total. The number of carbonyl (C=O) groups excluding carboxylic acids is 1. The van der Waals surface area contributed by atoms with E-state index in [1.165, 1.54) is 6.07 Å². The Morgan fingerprint density at radius 2 is 2.10 bits per heavy atom. The second-order valence-electron chi connectivity index (χ2n) is 4.68. The second-order valence-corrected chi connectivity index (χ2v) is 4.68. The maximum Gasteiger partial charge on any atom is 0.315 e. The first kappa shape index (κ1) is 16.4. The number of benzene rings is 1. The Balaban J connectivity index is 2.49. The summed E-state index contributed by atoms with van der Waals surface area (Å²) >= 11 is 0. The van der Waals surface area contributed by atoms with Crippen LogP contribution in [0.5, 0.6) is 0 Å². The molecule has 0 saturated heterocycles. The van der Waals surface area contributed by atoms with Crippen LogP contribution in [0.2, 0.25) is 0 Å². The Kier molecular flexibility index (Phi) is 6.38. The summed E-state index contributed by atoms with van der Waals surface area (Å²) in [4.78, 5) is 11.6. The molecule has 112 valence electrons. The third-order valence-corrected chi connectivity index (χ3v) is 2.90. The Labute approximate surface area is 117 Å². The Morgan fingerprint density at radius 3 is 2.70 bits per heavy atom. The van der Waals surface area contributed by atoms with E-state index in [4.69, 9.17) is 0 Å². The number of hydrogen-bond donors (Lipinski definition) is 3. The topological polar surface area (TPSA) is 61.4 Å². The van der Waals surface area contributed by atoms with Crippen molar-refractivity contribution in [3.63, 3.8) is 0 Å². The van der Waals surface area contributed by atoms with Gasteiger partial charge in [-0.1, -0.05) is 19.4 Å². The van der Waals surface area contributed by atoms with Crippen molar-refractivity contribution in [2.45, 2.75) is 38.8 Å². The molecule has 0 heterocycles. The van der Waals surface area contributed by atoms with Gasteiger partial charge in [-0.25, -0.2) is 13.6 Å². The van der Waals surface area contributed by atoms with Crippen molar-refractivity contribution < 1.29 is 18.7 Å². The lowest BCUT2D eigenvalue weighted by atomic mass is 10.1. The van der Waals surface area contributed by atoms with Gasteiger partial charge >= 0.3 is 6.03 Å². The summed E-state index contributed by atoms with van der Waals surface area (Å²) in [5, 5.41) is 14.5. The minimum absolute atomic E-state index is 0.137. The second kappa shape index (κ2) is 7.79. The number of aliphatic hydroxyl groups excluding tert-OH is 1. The fraction of sp³-hybridized carbons (Fsp3) is 0.500. The number of hydrogen-bond acceptors (Lipinski definition) is 2. The van der Waals surface area contributed by atoms with E-state index in [1.54, 1.807) is 6.92 Å². The van der Waals surface area contributed by atoms with E-state index in [0.717, 1.165) is 18.6 Å². The van der Waals surface area contributed by atoms with Crippen molar-refractivity contribution in [1.29, 1.82) is 0 Å². The molecule has 0 aliphatic rings. The van der Waals surface area contributed by atoms with Gasteiger partial charge in [0.05, 0.1) is 12.1 Å². The van der Waals surface area contributed by atoms with Crippen LogP contribution >= 0.6 is 0 Å². The molecule has 1 aromatic rings. The molecule has 0 aliphatic heterocycles. The van der Waals surface area contributed by atoms with Gasteiger partial charge in [0, 0.05) is 18.2 Å². The number of carbonyl (C=O) groups is 1. The lowest BCUT2D eigenvalue weighted by Crippen LogP contribution is -2.40. The van der Waals surface area contributed by atoms with E-state index < -0.39 is 29.8 Å². The van der Waals surface area contributed by atoms with Crippen LogP contribution in [0.4, 0.5) is 13.6 Å². The molecule has 0 aliphatic carbocycles. The van der Waals surface area contributed by atoms with Crippen molar-refractivity contribution in [2.75, 3.05) is 6.54 Å². The molecule has 2 atom stereocenters. The van der Waals surface area contributed by atoms with Gasteiger partial charge in [-0.15, -0.1) is 0 Å². The van der Waals surface area contributed by atoms with Crippen LogP contribution in [0.25, 0.3) is 0 Å². The Morgan fingerprint density at radius 1 is 1.40 bits per heavy atom. The minimum atomic E-state index is -0.705. The molecule has 2 unspecified atom stereocenters. The number of aliphatic hydroxyl groups is 1. The summed E-state index contributed by atoms with van der Waals surface area (Å²) in [6, 6.07) is 2.10. The molecule has 1 aromatic carbocycles. The first-order chi connectivity index (χ1) is 9.43. The van der Waals surface area contributed by atoms with Gasteiger partial charge in [0.15, 0.2) is 0 Å². The van der Waals surface area contributed by atoms with Crippen LogP contribution in [0, 0.1) is 11.6 Å². The van der Waals surface area contributed by atoms with Crippen LogP contribution < -0.4 is 10.6 Å². The quantitative estimate of drug-likeness (QED) is 0.752. The monoisotopic (exact) mass is 286 g/mol. The van der Waals surface area contributed by atoms with E-state index >= 15 is 0 Å². The first-order valence-corrected chi connectivity index (χ1v) is 6.61. The van der Waals surface area contributed by atoms with Crippen molar-refractivity contribution in [3.8, 4) is 0 Å². The standard InChI is InChI=1S/C14H20F2N2O2/c1-3-4-11(19)8-17-14(20)18-9(2)12-6-5-10(15)7-13(12)16/h5-7,9,11,19H,3-4,8H2,1-2H3,(H2,17,18,20). The molecular weight excluding hydrogens is 266 g/mol. The number of rotatable bonds is 6. The van der Waals surface area contributed by atoms with Gasteiger partial charge in [0.25, 0.3) is 0 Å². The van der Waals surface area contributed by atoms with Crippen LogP contribution in [-0.4, -0.2) is 23.8 Å². The summed E-state index contributed by atoms with van der Waals surface area (Å²) in [6.45, 7) is 3.67. The molecule has 0 aromatic heterocycles. The molecule has 1 rings (SSSR count). The largest absolute Gasteiger partial charge is 0.391 e. The number of nitrogens with one attached hydrogen (secondary N) is 2. The fourth-order valence-corrected chi connectivity index (χ4v) is 1.82. The average molecular weight is 286 g/mol. The maximum absolute atomic E-state index is 13.5. The van der Waals surface area contributed by atoms with E-state index in [1.807, 2.05) is 6.92 Å². The van der Waals surface area contributed by atoms with E-state index in [-0.39, 0.29) is 12.1 Å². The highest BCUT2D eigenvalue weighted by atomic mass is 19.1. The molecule has 4 nitrogen and oxygen atoms in total. The molecule has 0 bridgehead atoms. The summed E-state index contributed by atoms with van der Waals surface area (Å²) < 4.78 is 26.3. The lowest BCUT2D eigenvalue weighted by Gasteiger charge is -2.17. The highest BCUT2D eigenvalue weighted by Crippen LogP contribution is 2.17.